The van der Waals surface area contributed by atoms with Crippen molar-refractivity contribution < 1.29 is 19.3 Å². The summed E-state index contributed by atoms with van der Waals surface area (Å²) >= 11 is 0. The molecule has 4 rings (SSSR count). The number of benzene rings is 2. The summed E-state index contributed by atoms with van der Waals surface area (Å²) in [5.41, 5.74) is 1.65. The Morgan fingerprint density at radius 3 is 2.48 bits per heavy atom. The van der Waals surface area contributed by atoms with Crippen LogP contribution in [0.15, 0.2) is 54.7 Å². The van der Waals surface area contributed by atoms with E-state index in [0.29, 0.717) is 22.2 Å². The molecule has 1 aromatic heterocycles. The highest BCUT2D eigenvalue weighted by atomic mass is 16.6. The van der Waals surface area contributed by atoms with Gasteiger partial charge in [0.05, 0.1) is 23.2 Å². The van der Waals surface area contributed by atoms with Crippen LogP contribution in [-0.2, 0) is 16.0 Å². The number of hydrogen-bond donors (Lipinski definition) is 2. The molecule has 0 spiro atoms. The Bertz CT molecular complexity index is 1260. The maximum Gasteiger partial charge on any atom is 0.295 e. The average Bonchev–Trinajstić information content (AvgIpc) is 3.14. The SMILES string of the molecule is CC(C)C[C@@H]1NC(=O)[C@@H]([N+](=O)[O-])Cc2cn(c3ccccc23)C(=O)c2ccccc2NC1=O. The van der Waals surface area contributed by atoms with E-state index in [1.807, 2.05) is 13.8 Å². The number of nitrogens with one attached hydrogen (secondary N) is 2. The molecule has 2 N–H and O–H groups in total. The molecular formula is C24H24N4O5. The standard InChI is InChI=1S/C24H24N4O5/c1-14(2)11-19-22(29)25-18-9-5-3-8-17(18)24(31)27-13-15(16-7-4-6-10-20(16)27)12-21(28(32)33)23(30)26-19/h3-10,13-14,19,21H,11-12H2,1-2H3,(H,25,29)(H,26,30)/t19-,21-/m0/s1. The summed E-state index contributed by atoms with van der Waals surface area (Å²) in [5, 5.41) is 17.8. The highest BCUT2D eigenvalue weighted by Crippen LogP contribution is 2.27. The summed E-state index contributed by atoms with van der Waals surface area (Å²) in [5.74, 6) is -1.71. The number of rotatable bonds is 3. The van der Waals surface area contributed by atoms with E-state index >= 15 is 0 Å². The molecular weight excluding hydrogens is 424 g/mol. The van der Waals surface area contributed by atoms with Gasteiger partial charge in [-0.1, -0.05) is 44.2 Å². The molecule has 2 atom stereocenters. The zero-order valence-electron chi connectivity index (χ0n) is 18.3. The first kappa shape index (κ1) is 22.2. The van der Waals surface area contributed by atoms with Crippen molar-refractivity contribution >= 4 is 34.3 Å². The summed E-state index contributed by atoms with van der Waals surface area (Å²) in [6.45, 7) is 3.77. The maximum atomic E-state index is 13.5. The van der Waals surface area contributed by atoms with Crippen LogP contribution < -0.4 is 10.6 Å². The number of anilines is 1. The van der Waals surface area contributed by atoms with Gasteiger partial charge in [-0.05, 0) is 36.1 Å². The van der Waals surface area contributed by atoms with Crippen molar-refractivity contribution in [3.63, 3.8) is 0 Å². The fourth-order valence-electron chi connectivity index (χ4n) is 4.15. The zero-order valence-corrected chi connectivity index (χ0v) is 18.3. The lowest BCUT2D eigenvalue weighted by atomic mass is 10.0. The van der Waals surface area contributed by atoms with E-state index in [4.69, 9.17) is 0 Å². The van der Waals surface area contributed by atoms with Crippen LogP contribution in [0.5, 0.6) is 0 Å². The molecule has 1 aliphatic rings. The van der Waals surface area contributed by atoms with E-state index < -0.39 is 28.8 Å². The third-order valence-electron chi connectivity index (χ3n) is 5.74. The lowest BCUT2D eigenvalue weighted by molar-refractivity contribution is -0.507. The second-order valence-electron chi connectivity index (χ2n) is 8.58. The van der Waals surface area contributed by atoms with Crippen molar-refractivity contribution in [1.29, 1.82) is 0 Å². The Hall–Kier alpha value is -4.01. The molecule has 0 fully saturated rings. The van der Waals surface area contributed by atoms with E-state index in [-0.39, 0.29) is 30.2 Å². The molecule has 0 unspecified atom stereocenters. The molecule has 33 heavy (non-hydrogen) atoms. The molecule has 0 radical (unpaired) electrons. The number of hydrogen-bond acceptors (Lipinski definition) is 5. The van der Waals surface area contributed by atoms with Crippen LogP contribution in [0.2, 0.25) is 0 Å². The maximum absolute atomic E-state index is 13.5. The molecule has 3 aromatic rings. The van der Waals surface area contributed by atoms with Gasteiger partial charge in [0, 0.05) is 16.5 Å². The minimum atomic E-state index is -1.61. The first-order valence-electron chi connectivity index (χ1n) is 10.7. The van der Waals surface area contributed by atoms with E-state index in [0.717, 1.165) is 0 Å². The van der Waals surface area contributed by atoms with Gasteiger partial charge < -0.3 is 10.6 Å². The Balaban J connectivity index is 1.90. The Morgan fingerprint density at radius 1 is 1.06 bits per heavy atom. The Labute approximate surface area is 189 Å². The van der Waals surface area contributed by atoms with Gasteiger partial charge >= 0.3 is 0 Å². The van der Waals surface area contributed by atoms with Crippen LogP contribution in [-0.4, -0.2) is 39.3 Å². The summed E-state index contributed by atoms with van der Waals surface area (Å²) in [7, 11) is 0. The fraction of sp³-hybridized carbons (Fsp3) is 0.292. The van der Waals surface area contributed by atoms with Crippen LogP contribution in [0.25, 0.3) is 10.9 Å². The zero-order chi connectivity index (χ0) is 23.7. The first-order chi connectivity index (χ1) is 15.8. The highest BCUT2D eigenvalue weighted by molar-refractivity contribution is 6.09. The molecule has 9 heteroatoms. The van der Waals surface area contributed by atoms with Crippen molar-refractivity contribution in [3.8, 4) is 0 Å². The van der Waals surface area contributed by atoms with E-state index in [2.05, 4.69) is 10.6 Å². The number of carbonyl (C=O) groups is 3. The molecule has 170 valence electrons. The van der Waals surface area contributed by atoms with Crippen LogP contribution in [0.1, 0.15) is 36.2 Å². The summed E-state index contributed by atoms with van der Waals surface area (Å²) in [4.78, 5) is 50.7. The molecule has 2 amide bonds. The molecule has 9 nitrogen and oxygen atoms in total. The van der Waals surface area contributed by atoms with Crippen LogP contribution in [0.4, 0.5) is 5.69 Å². The smallest absolute Gasteiger partial charge is 0.295 e. The van der Waals surface area contributed by atoms with Crippen LogP contribution >= 0.6 is 0 Å². The van der Waals surface area contributed by atoms with E-state index in [1.165, 1.54) is 4.57 Å². The van der Waals surface area contributed by atoms with Crippen molar-refractivity contribution in [3.05, 3.63) is 76.0 Å². The summed E-state index contributed by atoms with van der Waals surface area (Å²) in [6, 6.07) is 11.1. The lowest BCUT2D eigenvalue weighted by Crippen LogP contribution is -2.50. The molecule has 1 aliphatic heterocycles. The van der Waals surface area contributed by atoms with Crippen molar-refractivity contribution in [2.45, 2.75) is 38.8 Å². The highest BCUT2D eigenvalue weighted by Gasteiger charge is 2.35. The molecule has 2 aromatic carbocycles. The molecule has 0 saturated carbocycles. The predicted octanol–water partition coefficient (Wildman–Crippen LogP) is 3.00. The number of nitro groups is 1. The molecule has 2 heterocycles. The van der Waals surface area contributed by atoms with Gasteiger partial charge in [0.1, 0.15) is 6.04 Å². The van der Waals surface area contributed by atoms with Crippen LogP contribution in [0.3, 0.4) is 0 Å². The quantitative estimate of drug-likeness (QED) is 0.471. The van der Waals surface area contributed by atoms with Gasteiger partial charge in [-0.3, -0.25) is 29.1 Å². The number of carbonyl (C=O) groups excluding carboxylic acids is 3. The second-order valence-corrected chi connectivity index (χ2v) is 8.58. The fourth-order valence-corrected chi connectivity index (χ4v) is 4.15. The van der Waals surface area contributed by atoms with Gasteiger partial charge in [0.2, 0.25) is 5.91 Å². The van der Waals surface area contributed by atoms with Crippen molar-refractivity contribution in [2.24, 2.45) is 5.92 Å². The topological polar surface area (TPSA) is 123 Å². The monoisotopic (exact) mass is 448 g/mol. The molecule has 2 bridgehead atoms. The Kier molecular flexibility index (Phi) is 5.95. The van der Waals surface area contributed by atoms with Gasteiger partial charge in [-0.15, -0.1) is 0 Å². The Morgan fingerprint density at radius 2 is 1.76 bits per heavy atom. The molecule has 0 aliphatic carbocycles. The number of amides is 2. The van der Waals surface area contributed by atoms with Crippen molar-refractivity contribution in [2.75, 3.05) is 5.32 Å². The normalized spacial score (nSPS) is 19.2. The van der Waals surface area contributed by atoms with Gasteiger partial charge in [-0.2, -0.15) is 0 Å². The third kappa shape index (κ3) is 4.34. The molecule has 0 saturated heterocycles. The van der Waals surface area contributed by atoms with E-state index in [9.17, 15) is 24.5 Å². The summed E-state index contributed by atoms with van der Waals surface area (Å²) in [6.07, 6.45) is 1.62. The minimum Gasteiger partial charge on any atom is -0.338 e. The average molecular weight is 448 g/mol. The lowest BCUT2D eigenvalue weighted by Gasteiger charge is -2.21. The number of nitrogens with zero attached hydrogens (tertiary/aromatic N) is 2. The van der Waals surface area contributed by atoms with Gasteiger partial charge in [-0.25, -0.2) is 0 Å². The van der Waals surface area contributed by atoms with Crippen molar-refractivity contribution in [1.82, 2.24) is 9.88 Å². The predicted molar refractivity (Wildman–Crippen MR) is 123 cm³/mol. The van der Waals surface area contributed by atoms with Crippen LogP contribution in [0, 0.1) is 16.0 Å². The summed E-state index contributed by atoms with van der Waals surface area (Å²) < 4.78 is 1.41. The second kappa shape index (κ2) is 8.85. The van der Waals surface area contributed by atoms with Gasteiger partial charge in [0.25, 0.3) is 17.9 Å². The van der Waals surface area contributed by atoms with Gasteiger partial charge in [0.15, 0.2) is 0 Å². The minimum absolute atomic E-state index is 0.0411. The first-order valence-corrected chi connectivity index (χ1v) is 10.7. The number of fused-ring (bicyclic) bond motifs is 6. The third-order valence-corrected chi connectivity index (χ3v) is 5.74. The largest absolute Gasteiger partial charge is 0.338 e. The van der Waals surface area contributed by atoms with E-state index in [1.54, 1.807) is 54.7 Å². The number of aromatic nitrogens is 1. The number of para-hydroxylation sites is 2.